The average molecular weight is 407 g/mol. The van der Waals surface area contributed by atoms with E-state index in [1.54, 1.807) is 7.11 Å². The van der Waals surface area contributed by atoms with Crippen molar-refractivity contribution in [1.29, 1.82) is 0 Å². The van der Waals surface area contributed by atoms with Gasteiger partial charge in [-0.05, 0) is 42.7 Å². The molecule has 0 aliphatic carbocycles. The van der Waals surface area contributed by atoms with Crippen molar-refractivity contribution < 1.29 is 4.74 Å². The van der Waals surface area contributed by atoms with E-state index in [1.807, 2.05) is 49.9 Å². The van der Waals surface area contributed by atoms with Crippen LogP contribution in [0.2, 0.25) is 0 Å². The van der Waals surface area contributed by atoms with Crippen LogP contribution in [0.15, 0.2) is 53.5 Å². The highest BCUT2D eigenvalue weighted by Crippen LogP contribution is 2.13. The lowest BCUT2D eigenvalue weighted by atomic mass is 10.1. The highest BCUT2D eigenvalue weighted by molar-refractivity contribution is 5.79. The molecule has 3 aromatic rings. The van der Waals surface area contributed by atoms with Gasteiger partial charge in [-0.25, -0.2) is 4.99 Å². The Hall–Kier alpha value is -3.35. The molecule has 0 aliphatic heterocycles. The van der Waals surface area contributed by atoms with Gasteiger partial charge in [0, 0.05) is 20.6 Å². The van der Waals surface area contributed by atoms with Crippen LogP contribution in [0.3, 0.4) is 0 Å². The maximum Gasteiger partial charge on any atom is 0.194 e. The molecule has 0 aliphatic rings. The maximum absolute atomic E-state index is 5.24. The van der Waals surface area contributed by atoms with E-state index in [-0.39, 0.29) is 0 Å². The minimum atomic E-state index is 0.552. The lowest BCUT2D eigenvalue weighted by Gasteiger charge is -2.23. The second kappa shape index (κ2) is 9.91. The van der Waals surface area contributed by atoms with E-state index in [4.69, 9.17) is 9.73 Å². The second-order valence-corrected chi connectivity index (χ2v) is 7.35. The highest BCUT2D eigenvalue weighted by atomic mass is 16.5. The summed E-state index contributed by atoms with van der Waals surface area (Å²) in [7, 11) is 5.69. The number of hydrogen-bond donors (Lipinski definition) is 1. The minimum Gasteiger partial charge on any atom is -0.497 e. The average Bonchev–Trinajstić information content (AvgIpc) is 3.08. The number of aliphatic imine (C=N–C) groups is 1. The number of methoxy groups -OCH3 is 1. The molecule has 1 N–H and O–H groups in total. The van der Waals surface area contributed by atoms with Crippen molar-refractivity contribution in [3.05, 3.63) is 76.9 Å². The molecule has 7 nitrogen and oxygen atoms in total. The van der Waals surface area contributed by atoms with E-state index in [0.29, 0.717) is 13.1 Å². The quantitative estimate of drug-likeness (QED) is 0.482. The maximum atomic E-state index is 5.24. The molecule has 158 valence electrons. The van der Waals surface area contributed by atoms with Gasteiger partial charge in [0.25, 0.3) is 0 Å². The van der Waals surface area contributed by atoms with Crippen LogP contribution in [0.25, 0.3) is 0 Å². The van der Waals surface area contributed by atoms with Crippen LogP contribution in [0.5, 0.6) is 5.75 Å². The van der Waals surface area contributed by atoms with Gasteiger partial charge in [-0.1, -0.05) is 36.4 Å². The van der Waals surface area contributed by atoms with Crippen LogP contribution >= 0.6 is 0 Å². The summed E-state index contributed by atoms with van der Waals surface area (Å²) < 4.78 is 7.22. The molecule has 30 heavy (non-hydrogen) atoms. The van der Waals surface area contributed by atoms with Crippen molar-refractivity contribution in [2.45, 2.75) is 33.5 Å². The fourth-order valence-corrected chi connectivity index (χ4v) is 3.09. The number of guanidine groups is 1. The summed E-state index contributed by atoms with van der Waals surface area (Å²) in [5, 5.41) is 11.8. The van der Waals surface area contributed by atoms with Crippen molar-refractivity contribution in [3.63, 3.8) is 0 Å². The van der Waals surface area contributed by atoms with Gasteiger partial charge in [-0.2, -0.15) is 0 Å². The highest BCUT2D eigenvalue weighted by Gasteiger charge is 2.11. The van der Waals surface area contributed by atoms with Crippen molar-refractivity contribution in [2.75, 3.05) is 14.2 Å². The SMILES string of the molecule is COc1ccc(CN=C(NCc2nnc(C)n2C)N(C)Cc2ccccc2C)cc1. The van der Waals surface area contributed by atoms with Crippen LogP contribution in [-0.4, -0.2) is 39.8 Å². The first-order chi connectivity index (χ1) is 14.5. The Balaban J connectivity index is 1.77. The number of benzene rings is 2. The largest absolute Gasteiger partial charge is 0.497 e. The topological polar surface area (TPSA) is 67.6 Å². The molecule has 0 amide bonds. The molecule has 2 aromatic carbocycles. The number of rotatable bonds is 7. The summed E-state index contributed by atoms with van der Waals surface area (Å²) >= 11 is 0. The van der Waals surface area contributed by atoms with E-state index < -0.39 is 0 Å². The Kier molecular flexibility index (Phi) is 7.06. The van der Waals surface area contributed by atoms with Gasteiger partial charge in [0.15, 0.2) is 11.8 Å². The molecule has 0 saturated carbocycles. The molecule has 0 unspecified atom stereocenters. The summed E-state index contributed by atoms with van der Waals surface area (Å²) in [5.41, 5.74) is 3.66. The molecule has 7 heteroatoms. The van der Waals surface area contributed by atoms with Gasteiger partial charge >= 0.3 is 0 Å². The molecule has 0 radical (unpaired) electrons. The Morgan fingerprint density at radius 1 is 1.10 bits per heavy atom. The van der Waals surface area contributed by atoms with Crippen molar-refractivity contribution >= 4 is 5.96 Å². The predicted octanol–water partition coefficient (Wildman–Crippen LogP) is 3.22. The summed E-state index contributed by atoms with van der Waals surface area (Å²) in [6.07, 6.45) is 0. The molecule has 1 aromatic heterocycles. The third-order valence-electron chi connectivity index (χ3n) is 5.19. The van der Waals surface area contributed by atoms with Gasteiger partial charge in [-0.15, -0.1) is 10.2 Å². The van der Waals surface area contributed by atoms with Crippen LogP contribution in [0, 0.1) is 13.8 Å². The van der Waals surface area contributed by atoms with Crippen LogP contribution < -0.4 is 10.1 Å². The molecule has 0 atom stereocenters. The first-order valence-electron chi connectivity index (χ1n) is 9.99. The second-order valence-electron chi connectivity index (χ2n) is 7.35. The normalized spacial score (nSPS) is 11.4. The third kappa shape index (κ3) is 5.37. The number of hydrogen-bond acceptors (Lipinski definition) is 4. The molecular formula is C23H30N6O. The van der Waals surface area contributed by atoms with Gasteiger partial charge in [0.1, 0.15) is 11.6 Å². The molecule has 0 bridgehead atoms. The number of nitrogens with one attached hydrogen (secondary N) is 1. The first-order valence-corrected chi connectivity index (χ1v) is 9.99. The third-order valence-corrected chi connectivity index (χ3v) is 5.19. The predicted molar refractivity (Wildman–Crippen MR) is 119 cm³/mol. The zero-order valence-electron chi connectivity index (χ0n) is 18.4. The number of ether oxygens (including phenoxy) is 1. The summed E-state index contributed by atoms with van der Waals surface area (Å²) in [5.74, 6) is 3.41. The molecule has 3 rings (SSSR count). The molecule has 1 heterocycles. The Morgan fingerprint density at radius 3 is 2.47 bits per heavy atom. The number of nitrogens with zero attached hydrogens (tertiary/aromatic N) is 5. The van der Waals surface area contributed by atoms with Gasteiger partial charge in [0.2, 0.25) is 0 Å². The van der Waals surface area contributed by atoms with Gasteiger partial charge in [0.05, 0.1) is 20.2 Å². The molecule has 0 fully saturated rings. The van der Waals surface area contributed by atoms with E-state index >= 15 is 0 Å². The summed E-state index contributed by atoms with van der Waals surface area (Å²) in [4.78, 5) is 6.99. The molecular weight excluding hydrogens is 376 g/mol. The first kappa shape index (κ1) is 21.4. The fraction of sp³-hybridized carbons (Fsp3) is 0.348. The standard InChI is InChI=1S/C23H30N6O/c1-17-8-6-7-9-20(17)16-28(3)23(25-15-22-27-26-18(2)29(22)4)24-14-19-10-12-21(30-5)13-11-19/h6-13H,14-16H2,1-5H3,(H,24,25). The van der Waals surface area contributed by atoms with Crippen molar-refractivity contribution in [2.24, 2.45) is 12.0 Å². The van der Waals surface area contributed by atoms with Crippen LogP contribution in [0.1, 0.15) is 28.3 Å². The summed E-state index contributed by atoms with van der Waals surface area (Å²) in [6, 6.07) is 16.4. The lowest BCUT2D eigenvalue weighted by Crippen LogP contribution is -2.38. The minimum absolute atomic E-state index is 0.552. The van der Waals surface area contributed by atoms with Crippen LogP contribution in [0.4, 0.5) is 0 Å². The van der Waals surface area contributed by atoms with Crippen LogP contribution in [-0.2, 0) is 26.7 Å². The Morgan fingerprint density at radius 2 is 1.83 bits per heavy atom. The Bertz CT molecular complexity index is 993. The van der Waals surface area contributed by atoms with E-state index in [2.05, 4.69) is 51.6 Å². The van der Waals surface area contributed by atoms with Crippen molar-refractivity contribution in [3.8, 4) is 5.75 Å². The fourth-order valence-electron chi connectivity index (χ4n) is 3.09. The number of aryl methyl sites for hydroxylation is 2. The zero-order valence-corrected chi connectivity index (χ0v) is 18.4. The molecule has 0 saturated heterocycles. The Labute approximate surface area is 178 Å². The zero-order chi connectivity index (χ0) is 21.5. The van der Waals surface area contributed by atoms with Gasteiger partial charge < -0.3 is 19.5 Å². The monoisotopic (exact) mass is 406 g/mol. The lowest BCUT2D eigenvalue weighted by molar-refractivity contribution is 0.414. The van der Waals surface area contributed by atoms with E-state index in [1.165, 1.54) is 11.1 Å². The van der Waals surface area contributed by atoms with Gasteiger partial charge in [-0.3, -0.25) is 0 Å². The smallest absolute Gasteiger partial charge is 0.194 e. The summed E-state index contributed by atoms with van der Waals surface area (Å²) in [6.45, 7) is 5.96. The van der Waals surface area contributed by atoms with E-state index in [9.17, 15) is 0 Å². The number of aromatic nitrogens is 3. The van der Waals surface area contributed by atoms with Crippen molar-refractivity contribution in [1.82, 2.24) is 25.0 Å². The molecule has 0 spiro atoms. The van der Waals surface area contributed by atoms with E-state index in [0.717, 1.165) is 35.5 Å².